The number of hydrogen-bond acceptors (Lipinski definition) is 7. The Balaban J connectivity index is 1.90. The molecule has 3 N–H and O–H groups in total. The van der Waals surface area contributed by atoms with E-state index in [1.54, 1.807) is 13.8 Å². The van der Waals surface area contributed by atoms with Gasteiger partial charge < -0.3 is 10.6 Å². The van der Waals surface area contributed by atoms with Crippen molar-refractivity contribution in [1.82, 2.24) is 20.8 Å². The van der Waals surface area contributed by atoms with E-state index in [9.17, 15) is 9.59 Å². The minimum absolute atomic E-state index is 0.366. The summed E-state index contributed by atoms with van der Waals surface area (Å²) in [7, 11) is 0. The van der Waals surface area contributed by atoms with Gasteiger partial charge in [-0.3, -0.25) is 10.1 Å². The van der Waals surface area contributed by atoms with E-state index in [1.807, 2.05) is 12.1 Å². The third-order valence-corrected chi connectivity index (χ3v) is 5.48. The lowest BCUT2D eigenvalue weighted by Crippen LogP contribution is -2.42. The predicted octanol–water partition coefficient (Wildman–Crippen LogP) is 3.73. The summed E-state index contributed by atoms with van der Waals surface area (Å²) in [5.41, 5.74) is 2.21. The van der Waals surface area contributed by atoms with Gasteiger partial charge in [0.2, 0.25) is 11.0 Å². The number of thioether (sulfide) groups is 1. The maximum atomic E-state index is 12.0. The van der Waals surface area contributed by atoms with E-state index in [2.05, 4.69) is 52.1 Å². The molecule has 0 bridgehead atoms. The van der Waals surface area contributed by atoms with Crippen molar-refractivity contribution in [3.8, 4) is 0 Å². The minimum Gasteiger partial charge on any atom is -0.338 e. The first-order chi connectivity index (χ1) is 12.4. The molecule has 2 rings (SSSR count). The maximum Gasteiger partial charge on any atom is 0.321 e. The number of rotatable bonds is 7. The quantitative estimate of drug-likeness (QED) is 0.620. The van der Waals surface area contributed by atoms with Gasteiger partial charge in [-0.15, -0.1) is 10.2 Å². The van der Waals surface area contributed by atoms with Crippen LogP contribution >= 0.6 is 23.1 Å². The number of carbonyl (C=O) groups excluding carboxylic acids is 2. The van der Waals surface area contributed by atoms with Crippen molar-refractivity contribution >= 4 is 45.9 Å². The average Bonchev–Trinajstić information content (AvgIpc) is 3.02. The summed E-state index contributed by atoms with van der Waals surface area (Å²) in [6, 6.07) is 7.68. The fourth-order valence-electron chi connectivity index (χ4n) is 2.01. The van der Waals surface area contributed by atoms with Gasteiger partial charge in [0.05, 0.1) is 5.25 Å². The van der Waals surface area contributed by atoms with Crippen LogP contribution in [0.25, 0.3) is 0 Å². The summed E-state index contributed by atoms with van der Waals surface area (Å²) in [4.78, 5) is 23.4. The molecule has 0 unspecified atom stereocenters. The number of nitrogens with one attached hydrogen (secondary N) is 3. The Labute approximate surface area is 161 Å². The Morgan fingerprint density at radius 1 is 1.15 bits per heavy atom. The van der Waals surface area contributed by atoms with Crippen molar-refractivity contribution in [2.75, 3.05) is 11.9 Å². The molecule has 9 heteroatoms. The number of benzene rings is 1. The molecule has 0 aliphatic rings. The molecular formula is C17H23N5O2S2. The van der Waals surface area contributed by atoms with Crippen LogP contribution in [0.4, 0.5) is 15.6 Å². The van der Waals surface area contributed by atoms with Crippen LogP contribution in [0.3, 0.4) is 0 Å². The number of nitrogens with zero attached hydrogens (tertiary/aromatic N) is 2. The Hall–Kier alpha value is -2.13. The van der Waals surface area contributed by atoms with Crippen LogP contribution in [0.1, 0.15) is 39.2 Å². The molecule has 0 spiro atoms. The SMILES string of the molecule is CCNC(=O)NC(=O)[C@H](C)Sc1nnc(Nc2ccc(C(C)C)cc2)s1. The van der Waals surface area contributed by atoms with Crippen molar-refractivity contribution < 1.29 is 9.59 Å². The van der Waals surface area contributed by atoms with Gasteiger partial charge in [0.25, 0.3) is 0 Å². The lowest BCUT2D eigenvalue weighted by atomic mass is 10.0. The zero-order chi connectivity index (χ0) is 19.1. The minimum atomic E-state index is -0.491. The van der Waals surface area contributed by atoms with Crippen LogP contribution in [-0.2, 0) is 4.79 Å². The van der Waals surface area contributed by atoms with E-state index < -0.39 is 11.3 Å². The lowest BCUT2D eigenvalue weighted by Gasteiger charge is -2.09. The fraction of sp³-hybridized carbons (Fsp3) is 0.412. The van der Waals surface area contributed by atoms with E-state index in [-0.39, 0.29) is 5.91 Å². The molecule has 0 aliphatic carbocycles. The van der Waals surface area contributed by atoms with Crippen molar-refractivity contribution in [1.29, 1.82) is 0 Å². The van der Waals surface area contributed by atoms with Gasteiger partial charge in [-0.1, -0.05) is 49.1 Å². The molecule has 1 aromatic heterocycles. The number of anilines is 2. The second-order valence-electron chi connectivity index (χ2n) is 5.88. The second-order valence-corrected chi connectivity index (χ2v) is 8.45. The molecule has 3 amide bonds. The number of urea groups is 1. The highest BCUT2D eigenvalue weighted by Gasteiger charge is 2.19. The fourth-order valence-corrected chi connectivity index (χ4v) is 3.92. The van der Waals surface area contributed by atoms with Gasteiger partial charge in [0, 0.05) is 12.2 Å². The first-order valence-electron chi connectivity index (χ1n) is 8.34. The van der Waals surface area contributed by atoms with Crippen molar-refractivity contribution in [3.63, 3.8) is 0 Å². The third kappa shape index (κ3) is 5.99. The number of aromatic nitrogens is 2. The van der Waals surface area contributed by atoms with Gasteiger partial charge in [-0.2, -0.15) is 0 Å². The molecular weight excluding hydrogens is 370 g/mol. The Bertz CT molecular complexity index is 746. The normalized spacial score (nSPS) is 11.9. The number of carbonyl (C=O) groups is 2. The van der Waals surface area contributed by atoms with Gasteiger partial charge in [0.1, 0.15) is 0 Å². The number of imide groups is 1. The van der Waals surface area contributed by atoms with Crippen molar-refractivity contribution in [2.24, 2.45) is 0 Å². The maximum absolute atomic E-state index is 12.0. The van der Waals surface area contributed by atoms with Crippen LogP contribution in [0.15, 0.2) is 28.6 Å². The highest BCUT2D eigenvalue weighted by atomic mass is 32.2. The van der Waals surface area contributed by atoms with Gasteiger partial charge in [-0.05, 0) is 37.5 Å². The molecule has 0 aliphatic heterocycles. The first-order valence-corrected chi connectivity index (χ1v) is 10.0. The van der Waals surface area contributed by atoms with Crippen LogP contribution in [0, 0.1) is 0 Å². The van der Waals surface area contributed by atoms with Crippen molar-refractivity contribution in [2.45, 2.75) is 43.2 Å². The summed E-state index contributed by atoms with van der Waals surface area (Å²) >= 11 is 2.62. The highest BCUT2D eigenvalue weighted by molar-refractivity contribution is 8.02. The van der Waals surface area contributed by atoms with Gasteiger partial charge >= 0.3 is 6.03 Å². The molecule has 2 aromatic rings. The number of amides is 3. The summed E-state index contributed by atoms with van der Waals surface area (Å²) in [6.45, 7) is 8.27. The average molecular weight is 394 g/mol. The van der Waals surface area contributed by atoms with Crippen LogP contribution in [0.5, 0.6) is 0 Å². The number of hydrogen-bond donors (Lipinski definition) is 3. The zero-order valence-electron chi connectivity index (χ0n) is 15.2. The first kappa shape index (κ1) is 20.2. The lowest BCUT2D eigenvalue weighted by molar-refractivity contribution is -0.119. The molecule has 0 saturated heterocycles. The standard InChI is InChI=1S/C17H23N5O2S2/c1-5-18-15(24)20-14(23)11(4)25-17-22-21-16(26-17)19-13-8-6-12(7-9-13)10(2)3/h6-11H,5H2,1-4H3,(H,19,21)(H2,18,20,23,24)/t11-/m0/s1. The largest absolute Gasteiger partial charge is 0.338 e. The van der Waals surface area contributed by atoms with E-state index in [1.165, 1.54) is 28.7 Å². The third-order valence-electron chi connectivity index (χ3n) is 3.46. The van der Waals surface area contributed by atoms with Crippen molar-refractivity contribution in [3.05, 3.63) is 29.8 Å². The molecule has 7 nitrogen and oxygen atoms in total. The zero-order valence-corrected chi connectivity index (χ0v) is 16.8. The van der Waals surface area contributed by atoms with Crippen LogP contribution < -0.4 is 16.0 Å². The summed E-state index contributed by atoms with van der Waals surface area (Å²) in [5, 5.41) is 16.4. The van der Waals surface area contributed by atoms with Gasteiger partial charge in [0.15, 0.2) is 4.34 Å². The second kappa shape index (κ2) is 9.54. The summed E-state index contributed by atoms with van der Waals surface area (Å²) < 4.78 is 0.657. The smallest absolute Gasteiger partial charge is 0.321 e. The Morgan fingerprint density at radius 3 is 2.46 bits per heavy atom. The Kier molecular flexibility index (Phi) is 7.40. The molecule has 1 aromatic carbocycles. The molecule has 0 radical (unpaired) electrons. The summed E-state index contributed by atoms with van der Waals surface area (Å²) in [5.74, 6) is 0.121. The Morgan fingerprint density at radius 2 is 1.85 bits per heavy atom. The highest BCUT2D eigenvalue weighted by Crippen LogP contribution is 2.30. The van der Waals surface area contributed by atoms with E-state index in [4.69, 9.17) is 0 Å². The van der Waals surface area contributed by atoms with E-state index in [0.29, 0.717) is 21.9 Å². The molecule has 0 fully saturated rings. The molecule has 26 heavy (non-hydrogen) atoms. The monoisotopic (exact) mass is 393 g/mol. The van der Waals surface area contributed by atoms with E-state index >= 15 is 0 Å². The predicted molar refractivity (Wildman–Crippen MR) is 106 cm³/mol. The molecule has 1 heterocycles. The molecule has 140 valence electrons. The summed E-state index contributed by atoms with van der Waals surface area (Å²) in [6.07, 6.45) is 0. The topological polar surface area (TPSA) is 96.0 Å². The van der Waals surface area contributed by atoms with E-state index in [0.717, 1.165) is 5.69 Å². The molecule has 1 atom stereocenters. The van der Waals surface area contributed by atoms with Crippen LogP contribution in [-0.4, -0.2) is 33.9 Å². The molecule has 0 saturated carbocycles. The van der Waals surface area contributed by atoms with Gasteiger partial charge in [-0.25, -0.2) is 4.79 Å². The van der Waals surface area contributed by atoms with Crippen LogP contribution in [0.2, 0.25) is 0 Å².